The molecule has 14 nitrogen and oxygen atoms in total. The fourth-order valence-electron chi connectivity index (χ4n) is 6.15. The Morgan fingerprint density at radius 2 is 1.35 bits per heavy atom. The van der Waals surface area contributed by atoms with Gasteiger partial charge < -0.3 is 47.7 Å². The third kappa shape index (κ3) is 14.6. The molecule has 1 fully saturated rings. The number of aryl methyl sites for hydroxylation is 1. The van der Waals surface area contributed by atoms with Gasteiger partial charge in [0.1, 0.15) is 31.1 Å². The SMILES string of the molecule is COCCOCCOCCOC[C@@H](O)CO[C@@H]1[C@H](OCc2ccc(Cl)cc2Cl)[C@@H](COCc2ccc(Cl)cc2Cl)O[C@H]1n1cc(C)c(=O)n(COCc2ccccc2)c1=O. The lowest BCUT2D eigenvalue weighted by molar-refractivity contribution is -0.114. The average molecular weight is 917 g/mol. The Bertz CT molecular complexity index is 2040. The summed E-state index contributed by atoms with van der Waals surface area (Å²) in [5.74, 6) is 0. The summed E-state index contributed by atoms with van der Waals surface area (Å²) in [6, 6.07) is 19.5. The largest absolute Gasteiger partial charge is 0.388 e. The topological polar surface area (TPSA) is 147 Å². The van der Waals surface area contributed by atoms with Gasteiger partial charge in [-0.15, -0.1) is 0 Å². The van der Waals surface area contributed by atoms with Crippen molar-refractivity contribution >= 4 is 46.4 Å². The molecule has 2 heterocycles. The second-order valence-electron chi connectivity index (χ2n) is 13.8. The van der Waals surface area contributed by atoms with E-state index in [1.165, 1.54) is 10.8 Å². The van der Waals surface area contributed by atoms with Crippen LogP contribution in [0.2, 0.25) is 20.1 Å². The van der Waals surface area contributed by atoms with Gasteiger partial charge in [0.25, 0.3) is 5.56 Å². The number of aromatic nitrogens is 2. The van der Waals surface area contributed by atoms with Crippen LogP contribution in [0.15, 0.2) is 82.5 Å². The minimum Gasteiger partial charge on any atom is -0.388 e. The highest BCUT2D eigenvalue weighted by atomic mass is 35.5. The van der Waals surface area contributed by atoms with Crippen LogP contribution in [0.25, 0.3) is 0 Å². The van der Waals surface area contributed by atoms with Gasteiger partial charge >= 0.3 is 5.69 Å². The van der Waals surface area contributed by atoms with Crippen molar-refractivity contribution in [1.82, 2.24) is 9.13 Å². The molecule has 1 N–H and O–H groups in total. The van der Waals surface area contributed by atoms with Crippen LogP contribution in [0.5, 0.6) is 0 Å². The first-order chi connectivity index (χ1) is 29.0. The van der Waals surface area contributed by atoms with Gasteiger partial charge in [-0.25, -0.2) is 9.36 Å². The van der Waals surface area contributed by atoms with Crippen molar-refractivity contribution in [2.75, 3.05) is 66.6 Å². The minimum absolute atomic E-state index is 0.0000415. The first-order valence-electron chi connectivity index (χ1n) is 19.2. The maximum atomic E-state index is 14.2. The van der Waals surface area contributed by atoms with E-state index in [1.807, 2.05) is 30.3 Å². The van der Waals surface area contributed by atoms with E-state index in [0.717, 1.165) is 10.1 Å². The Kier molecular flexibility index (Phi) is 20.3. The minimum atomic E-state index is -1.16. The van der Waals surface area contributed by atoms with E-state index in [4.69, 9.17) is 89.0 Å². The van der Waals surface area contributed by atoms with Crippen molar-refractivity contribution in [3.05, 3.63) is 136 Å². The molecular formula is C42H50Cl4N2O12. The van der Waals surface area contributed by atoms with Crippen LogP contribution in [0.1, 0.15) is 28.5 Å². The Morgan fingerprint density at radius 1 is 0.717 bits per heavy atom. The summed E-state index contributed by atoms with van der Waals surface area (Å²) in [6.45, 7) is 3.47. The molecule has 0 unspecified atom stereocenters. The lowest BCUT2D eigenvalue weighted by Crippen LogP contribution is -2.46. The first-order valence-corrected chi connectivity index (χ1v) is 20.8. The lowest BCUT2D eigenvalue weighted by Gasteiger charge is -2.27. The van der Waals surface area contributed by atoms with Gasteiger partial charge in [-0.2, -0.15) is 0 Å². The number of hydrogen-bond donors (Lipinski definition) is 1. The van der Waals surface area contributed by atoms with Gasteiger partial charge in [0.2, 0.25) is 0 Å². The van der Waals surface area contributed by atoms with Crippen LogP contribution in [0, 0.1) is 6.92 Å². The first kappa shape index (κ1) is 48.1. The molecule has 1 aliphatic rings. The maximum absolute atomic E-state index is 14.2. The van der Waals surface area contributed by atoms with Crippen LogP contribution in [0.4, 0.5) is 0 Å². The van der Waals surface area contributed by atoms with Crippen molar-refractivity contribution in [2.24, 2.45) is 0 Å². The van der Waals surface area contributed by atoms with Gasteiger partial charge in [-0.3, -0.25) is 9.36 Å². The van der Waals surface area contributed by atoms with E-state index < -0.39 is 41.9 Å². The van der Waals surface area contributed by atoms with Crippen molar-refractivity contribution in [3.8, 4) is 0 Å². The number of rotatable bonds is 26. The van der Waals surface area contributed by atoms with E-state index in [-0.39, 0.29) is 58.5 Å². The molecule has 5 rings (SSSR count). The molecule has 1 aliphatic heterocycles. The average Bonchev–Trinajstić information content (AvgIpc) is 3.57. The molecule has 0 spiro atoms. The van der Waals surface area contributed by atoms with E-state index in [9.17, 15) is 14.7 Å². The fraction of sp³-hybridized carbons (Fsp3) is 0.476. The molecule has 0 saturated carbocycles. The van der Waals surface area contributed by atoms with E-state index in [2.05, 4.69) is 0 Å². The third-order valence-corrected chi connectivity index (χ3v) is 10.4. The Morgan fingerprint density at radius 3 is 2.00 bits per heavy atom. The highest BCUT2D eigenvalue weighted by Crippen LogP contribution is 2.35. The summed E-state index contributed by atoms with van der Waals surface area (Å²) < 4.78 is 55.2. The molecule has 1 aromatic heterocycles. The summed E-state index contributed by atoms with van der Waals surface area (Å²) >= 11 is 25.2. The van der Waals surface area contributed by atoms with Gasteiger partial charge in [-0.1, -0.05) is 88.9 Å². The van der Waals surface area contributed by atoms with Gasteiger partial charge in [-0.05, 0) is 47.9 Å². The molecule has 0 radical (unpaired) electrons. The van der Waals surface area contributed by atoms with Gasteiger partial charge in [0, 0.05) is 39.0 Å². The summed E-state index contributed by atoms with van der Waals surface area (Å²) in [7, 11) is 1.60. The number of benzene rings is 3. The molecule has 0 amide bonds. The predicted octanol–water partition coefficient (Wildman–Crippen LogP) is 6.25. The molecular weight excluding hydrogens is 866 g/mol. The van der Waals surface area contributed by atoms with Gasteiger partial charge in [0.05, 0.1) is 79.3 Å². The second-order valence-corrected chi connectivity index (χ2v) is 15.5. The van der Waals surface area contributed by atoms with Crippen molar-refractivity contribution in [3.63, 3.8) is 0 Å². The number of hydrogen-bond acceptors (Lipinski definition) is 12. The maximum Gasteiger partial charge on any atom is 0.335 e. The quantitative estimate of drug-likeness (QED) is 0.0711. The number of halogens is 4. The van der Waals surface area contributed by atoms with E-state index in [1.54, 1.807) is 50.4 Å². The number of ether oxygens (including phenoxy) is 9. The van der Waals surface area contributed by atoms with Crippen LogP contribution < -0.4 is 11.2 Å². The number of aliphatic hydroxyl groups excluding tert-OH is 1. The smallest absolute Gasteiger partial charge is 0.335 e. The number of methoxy groups -OCH3 is 1. The predicted molar refractivity (Wildman–Crippen MR) is 226 cm³/mol. The molecule has 3 aromatic carbocycles. The van der Waals surface area contributed by atoms with Crippen molar-refractivity contribution in [1.29, 1.82) is 0 Å². The Hall–Kier alpha value is -2.90. The monoisotopic (exact) mass is 914 g/mol. The number of nitrogens with zero attached hydrogens (tertiary/aromatic N) is 2. The van der Waals surface area contributed by atoms with Crippen molar-refractivity contribution < 1.29 is 47.7 Å². The molecule has 60 heavy (non-hydrogen) atoms. The molecule has 5 atom stereocenters. The van der Waals surface area contributed by atoms with Gasteiger partial charge in [0.15, 0.2) is 6.23 Å². The van der Waals surface area contributed by atoms with E-state index in [0.29, 0.717) is 64.3 Å². The standard InChI is InChI=1S/C42H50Cl4N2O12/c1-28-20-47(42(51)48(40(28)50)27-57-21-29-6-4-3-5-7-29)41-39(59-25-34(49)24-55-17-16-54-15-14-53-13-12-52-2)38(58-23-31-9-11-33(44)19-36(31)46)37(60-41)26-56-22-30-8-10-32(43)18-35(30)45/h3-11,18-20,34,37-39,41,49H,12-17,21-27H2,1-2H3/t34-,37-,38-,39-,41-/m1/s1. The van der Waals surface area contributed by atoms with Crippen LogP contribution >= 0.6 is 46.4 Å². The zero-order valence-electron chi connectivity index (χ0n) is 33.4. The third-order valence-electron chi connectivity index (χ3n) is 9.23. The molecule has 1 saturated heterocycles. The van der Waals surface area contributed by atoms with Crippen LogP contribution in [-0.2, 0) is 69.2 Å². The molecule has 328 valence electrons. The zero-order valence-corrected chi connectivity index (χ0v) is 36.4. The summed E-state index contributed by atoms with van der Waals surface area (Å²) in [5.41, 5.74) is 1.20. The van der Waals surface area contributed by atoms with Crippen molar-refractivity contribution in [2.45, 2.75) is 64.1 Å². The fourth-order valence-corrected chi connectivity index (χ4v) is 7.07. The lowest BCUT2D eigenvalue weighted by atomic mass is 10.1. The molecule has 0 bridgehead atoms. The van der Waals surface area contributed by atoms with Crippen LogP contribution in [-0.4, -0.2) is 105 Å². The highest BCUT2D eigenvalue weighted by Gasteiger charge is 2.48. The van der Waals surface area contributed by atoms with Crippen LogP contribution in [0.3, 0.4) is 0 Å². The normalized spacial score (nSPS) is 18.3. The molecule has 4 aromatic rings. The van der Waals surface area contributed by atoms with E-state index >= 15 is 0 Å². The Balaban J connectivity index is 1.36. The molecule has 0 aliphatic carbocycles. The highest BCUT2D eigenvalue weighted by molar-refractivity contribution is 6.35. The zero-order chi connectivity index (χ0) is 42.9. The Labute approximate surface area is 368 Å². The summed E-state index contributed by atoms with van der Waals surface area (Å²) in [6.07, 6.45) is -3.63. The second kappa shape index (κ2) is 25.3. The number of aliphatic hydroxyl groups is 1. The summed E-state index contributed by atoms with van der Waals surface area (Å²) in [5, 5.41) is 12.7. The summed E-state index contributed by atoms with van der Waals surface area (Å²) in [4.78, 5) is 27.5. The molecule has 18 heteroatoms.